The molecule has 0 aliphatic rings. The molecule has 0 radical (unpaired) electrons. The number of hydrogen-bond donors (Lipinski definition) is 0. The topological polar surface area (TPSA) is 43.4 Å². The fourth-order valence-corrected chi connectivity index (χ4v) is 2.15. The van der Waals surface area contributed by atoms with Gasteiger partial charge in [-0.3, -0.25) is 0 Å². The van der Waals surface area contributed by atoms with Gasteiger partial charge in [0, 0.05) is 6.42 Å². The molecule has 0 bridgehead atoms. The van der Waals surface area contributed by atoms with E-state index in [4.69, 9.17) is 0 Å². The lowest BCUT2D eigenvalue weighted by Crippen LogP contribution is -2.39. The van der Waals surface area contributed by atoms with Gasteiger partial charge in [0.1, 0.15) is 0 Å². The molecule has 1 aromatic rings. The van der Waals surface area contributed by atoms with Gasteiger partial charge in [0.2, 0.25) is 0 Å². The van der Waals surface area contributed by atoms with E-state index < -0.39 is 34.3 Å². The van der Waals surface area contributed by atoms with Gasteiger partial charge in [-0.1, -0.05) is 18.2 Å². The van der Waals surface area contributed by atoms with Crippen molar-refractivity contribution in [3.63, 3.8) is 0 Å². The predicted octanol–water partition coefficient (Wildman–Crippen LogP) is 3.64. The highest BCUT2D eigenvalue weighted by atomic mass is 32.2. The van der Waals surface area contributed by atoms with Crippen LogP contribution in [-0.4, -0.2) is 26.2 Å². The largest absolute Gasteiger partial charge is 0.523 e. The summed E-state index contributed by atoms with van der Waals surface area (Å²) in [6.45, 7) is 3.31. The van der Waals surface area contributed by atoms with Gasteiger partial charge in [-0.2, -0.15) is 34.8 Å². The van der Waals surface area contributed by atoms with Crippen molar-refractivity contribution in [1.29, 1.82) is 0 Å². The standard InChI is InChI=1S/C12H12F6O3S/c1-7-3-4-9(5-8(7)2)6-10(11(13,14)15)21-22(19,20)12(16,17)18/h3-5,10H,6H2,1-2H3/t10-/m0/s1. The van der Waals surface area contributed by atoms with Crippen LogP contribution in [-0.2, 0) is 20.7 Å². The van der Waals surface area contributed by atoms with Crippen molar-refractivity contribution in [2.24, 2.45) is 0 Å². The van der Waals surface area contributed by atoms with Gasteiger partial charge in [-0.25, -0.2) is 4.18 Å². The molecule has 0 amide bonds. The van der Waals surface area contributed by atoms with E-state index in [1.54, 1.807) is 13.8 Å². The molecule has 0 heterocycles. The summed E-state index contributed by atoms with van der Waals surface area (Å²) in [5, 5.41) is 0. The van der Waals surface area contributed by atoms with Crippen molar-refractivity contribution in [3.8, 4) is 0 Å². The molecule has 0 unspecified atom stereocenters. The van der Waals surface area contributed by atoms with Crippen molar-refractivity contribution in [2.45, 2.75) is 38.1 Å². The molecular formula is C12H12F6O3S. The molecule has 126 valence electrons. The van der Waals surface area contributed by atoms with Crippen LogP contribution in [0.3, 0.4) is 0 Å². The quantitative estimate of drug-likeness (QED) is 0.473. The van der Waals surface area contributed by atoms with E-state index in [0.717, 1.165) is 5.56 Å². The normalized spacial score (nSPS) is 14.9. The second kappa shape index (κ2) is 6.07. The lowest BCUT2D eigenvalue weighted by molar-refractivity contribution is -0.196. The van der Waals surface area contributed by atoms with E-state index in [2.05, 4.69) is 4.18 Å². The molecule has 1 rings (SSSR count). The van der Waals surface area contributed by atoms with Crippen LogP contribution in [0.5, 0.6) is 0 Å². The average molecular weight is 350 g/mol. The Hall–Kier alpha value is -1.29. The first-order valence-electron chi connectivity index (χ1n) is 5.86. The Morgan fingerprint density at radius 1 is 1.05 bits per heavy atom. The summed E-state index contributed by atoms with van der Waals surface area (Å²) < 4.78 is 99.6. The van der Waals surface area contributed by atoms with Gasteiger partial charge in [0.25, 0.3) is 0 Å². The fourth-order valence-electron chi connectivity index (χ4n) is 1.56. The minimum atomic E-state index is -6.34. The molecule has 0 aromatic heterocycles. The number of rotatable bonds is 4. The van der Waals surface area contributed by atoms with Crippen LogP contribution in [0, 0.1) is 13.8 Å². The summed E-state index contributed by atoms with van der Waals surface area (Å²) in [6, 6.07) is 4.08. The highest BCUT2D eigenvalue weighted by Crippen LogP contribution is 2.32. The third-order valence-corrected chi connectivity index (χ3v) is 3.94. The smallest absolute Gasteiger partial charge is 0.250 e. The average Bonchev–Trinajstić information content (AvgIpc) is 2.30. The van der Waals surface area contributed by atoms with Gasteiger partial charge in [-0.05, 0) is 30.5 Å². The Kier molecular flexibility index (Phi) is 5.18. The minimum Gasteiger partial charge on any atom is -0.250 e. The second-order valence-electron chi connectivity index (χ2n) is 4.65. The molecule has 3 nitrogen and oxygen atoms in total. The van der Waals surface area contributed by atoms with Crippen molar-refractivity contribution >= 4 is 10.1 Å². The highest BCUT2D eigenvalue weighted by Gasteiger charge is 2.53. The van der Waals surface area contributed by atoms with Gasteiger partial charge in [0.05, 0.1) is 0 Å². The molecule has 1 atom stereocenters. The van der Waals surface area contributed by atoms with Crippen LogP contribution in [0.25, 0.3) is 0 Å². The number of alkyl halides is 6. The Bertz CT molecular complexity index is 633. The Morgan fingerprint density at radius 3 is 2.00 bits per heavy atom. The Labute approximate surface area is 123 Å². The summed E-state index contributed by atoms with van der Waals surface area (Å²) in [6.07, 6.45) is -9.42. The van der Waals surface area contributed by atoms with Gasteiger partial charge >= 0.3 is 21.8 Å². The van der Waals surface area contributed by atoms with Crippen LogP contribution in [0.2, 0.25) is 0 Å². The molecule has 0 saturated carbocycles. The number of halogens is 6. The summed E-state index contributed by atoms with van der Waals surface area (Å²) in [5.41, 5.74) is -4.50. The Balaban J connectivity index is 3.08. The molecule has 0 aliphatic carbocycles. The zero-order valence-electron chi connectivity index (χ0n) is 11.4. The maximum absolute atomic E-state index is 12.7. The van der Waals surface area contributed by atoms with Gasteiger partial charge in [0.15, 0.2) is 6.10 Å². The van der Waals surface area contributed by atoms with Crippen LogP contribution in [0.4, 0.5) is 26.3 Å². The summed E-state index contributed by atoms with van der Waals surface area (Å²) in [7, 11) is -6.34. The summed E-state index contributed by atoms with van der Waals surface area (Å²) in [5.74, 6) is 0. The molecule has 0 aliphatic heterocycles. The van der Waals surface area contributed by atoms with Crippen molar-refractivity contribution < 1.29 is 38.9 Å². The molecule has 1 aromatic carbocycles. The summed E-state index contributed by atoms with van der Waals surface area (Å²) >= 11 is 0. The molecular weight excluding hydrogens is 338 g/mol. The van der Waals surface area contributed by atoms with Gasteiger partial charge in [-0.15, -0.1) is 0 Å². The van der Waals surface area contributed by atoms with E-state index in [0.29, 0.717) is 5.56 Å². The maximum atomic E-state index is 12.7. The van der Waals surface area contributed by atoms with Crippen molar-refractivity contribution in [2.75, 3.05) is 0 Å². The maximum Gasteiger partial charge on any atom is 0.523 e. The molecule has 10 heteroatoms. The number of benzene rings is 1. The highest BCUT2D eigenvalue weighted by molar-refractivity contribution is 7.87. The summed E-state index contributed by atoms with van der Waals surface area (Å²) in [4.78, 5) is 0. The molecule has 0 spiro atoms. The van der Waals surface area contributed by atoms with Crippen LogP contribution in [0.1, 0.15) is 16.7 Å². The monoisotopic (exact) mass is 350 g/mol. The predicted molar refractivity (Wildman–Crippen MR) is 65.5 cm³/mol. The fraction of sp³-hybridized carbons (Fsp3) is 0.500. The van der Waals surface area contributed by atoms with E-state index >= 15 is 0 Å². The van der Waals surface area contributed by atoms with Crippen LogP contribution in [0.15, 0.2) is 18.2 Å². The molecule has 0 saturated heterocycles. The molecule has 0 fully saturated rings. The molecule has 0 N–H and O–H groups in total. The number of aryl methyl sites for hydroxylation is 2. The van der Waals surface area contributed by atoms with Crippen molar-refractivity contribution in [3.05, 3.63) is 34.9 Å². The lowest BCUT2D eigenvalue weighted by atomic mass is 10.0. The SMILES string of the molecule is Cc1ccc(C[C@H](OS(=O)(=O)C(F)(F)F)C(F)(F)F)cc1C. The lowest BCUT2D eigenvalue weighted by Gasteiger charge is -2.21. The zero-order valence-corrected chi connectivity index (χ0v) is 12.2. The number of hydrogen-bond acceptors (Lipinski definition) is 3. The zero-order chi connectivity index (χ0) is 17.3. The second-order valence-corrected chi connectivity index (χ2v) is 6.21. The van der Waals surface area contributed by atoms with Crippen molar-refractivity contribution in [1.82, 2.24) is 0 Å². The van der Waals surface area contributed by atoms with E-state index in [1.165, 1.54) is 18.2 Å². The van der Waals surface area contributed by atoms with Crippen LogP contribution >= 0.6 is 0 Å². The van der Waals surface area contributed by atoms with Crippen LogP contribution < -0.4 is 0 Å². The third-order valence-electron chi connectivity index (χ3n) is 2.88. The Morgan fingerprint density at radius 2 is 1.59 bits per heavy atom. The van der Waals surface area contributed by atoms with E-state index in [1.807, 2.05) is 0 Å². The van der Waals surface area contributed by atoms with E-state index in [-0.39, 0.29) is 5.56 Å². The first-order valence-corrected chi connectivity index (χ1v) is 7.27. The first-order chi connectivity index (χ1) is 9.74. The van der Waals surface area contributed by atoms with Gasteiger partial charge < -0.3 is 0 Å². The molecule has 22 heavy (non-hydrogen) atoms. The first kappa shape index (κ1) is 18.8. The van der Waals surface area contributed by atoms with E-state index in [9.17, 15) is 34.8 Å². The third kappa shape index (κ3) is 4.60. The minimum absolute atomic E-state index is 0.0165.